The zero-order chi connectivity index (χ0) is 23.3. The number of hydrogen-bond acceptors (Lipinski definition) is 6. The first-order valence-electron chi connectivity index (χ1n) is 9.43. The Balaban J connectivity index is 1.69. The van der Waals surface area contributed by atoms with E-state index < -0.39 is 20.9 Å². The van der Waals surface area contributed by atoms with E-state index in [0.717, 1.165) is 4.31 Å². The van der Waals surface area contributed by atoms with Gasteiger partial charge in [-0.25, -0.2) is 13.8 Å². The highest BCUT2D eigenvalue weighted by molar-refractivity contribution is 7.92. The van der Waals surface area contributed by atoms with Crippen molar-refractivity contribution in [2.45, 2.75) is 11.8 Å². The summed E-state index contributed by atoms with van der Waals surface area (Å²) in [5.41, 5.74) is 4.17. The topological polar surface area (TPSA) is 122 Å². The molecule has 0 atom stereocenters. The van der Waals surface area contributed by atoms with Crippen LogP contribution in [-0.2, 0) is 10.0 Å². The number of amides is 1. The van der Waals surface area contributed by atoms with Crippen LogP contribution in [0.3, 0.4) is 0 Å². The number of nitro groups is 1. The zero-order valence-corrected chi connectivity index (χ0v) is 18.1. The van der Waals surface area contributed by atoms with Gasteiger partial charge in [0.05, 0.1) is 21.2 Å². The standard InChI is InChI=1S/C22H20N4O5S/c1-16(17-8-14-20(15-9-17)26(28)29)23-24-22(27)18-10-12-19(13-11-18)25(2)32(30,31)21-6-4-3-5-7-21/h3-15H,1-2H3,(H,24,27)/b23-16-. The molecule has 164 valence electrons. The molecule has 9 nitrogen and oxygen atoms in total. The monoisotopic (exact) mass is 452 g/mol. The van der Waals surface area contributed by atoms with Crippen molar-refractivity contribution in [2.24, 2.45) is 5.10 Å². The van der Waals surface area contributed by atoms with Crippen molar-refractivity contribution in [1.29, 1.82) is 0 Å². The number of hydrogen-bond donors (Lipinski definition) is 1. The van der Waals surface area contributed by atoms with Crippen LogP contribution in [0.25, 0.3) is 0 Å². The highest BCUT2D eigenvalue weighted by atomic mass is 32.2. The maximum absolute atomic E-state index is 12.7. The van der Waals surface area contributed by atoms with E-state index in [4.69, 9.17) is 0 Å². The molecule has 1 amide bonds. The molecule has 0 spiro atoms. The summed E-state index contributed by atoms with van der Waals surface area (Å²) in [4.78, 5) is 22.8. The fourth-order valence-electron chi connectivity index (χ4n) is 2.80. The summed E-state index contributed by atoms with van der Waals surface area (Å²) >= 11 is 0. The maximum atomic E-state index is 12.7. The van der Waals surface area contributed by atoms with Gasteiger partial charge in [-0.05, 0) is 61.0 Å². The van der Waals surface area contributed by atoms with Gasteiger partial charge in [0, 0.05) is 24.7 Å². The number of hydrazone groups is 1. The molecule has 0 aromatic heterocycles. The van der Waals surface area contributed by atoms with Crippen LogP contribution in [0.4, 0.5) is 11.4 Å². The predicted octanol–water partition coefficient (Wildman–Crippen LogP) is 3.57. The third kappa shape index (κ3) is 4.98. The highest BCUT2D eigenvalue weighted by Gasteiger charge is 2.21. The summed E-state index contributed by atoms with van der Waals surface area (Å²) in [5, 5.41) is 14.8. The van der Waals surface area contributed by atoms with Crippen LogP contribution < -0.4 is 9.73 Å². The number of nitrogens with zero attached hydrogens (tertiary/aromatic N) is 3. The number of carbonyl (C=O) groups excluding carboxylic acids is 1. The molecule has 0 heterocycles. The lowest BCUT2D eigenvalue weighted by atomic mass is 10.1. The third-order valence-corrected chi connectivity index (χ3v) is 6.52. The number of nitrogens with one attached hydrogen (secondary N) is 1. The molecule has 0 aliphatic heterocycles. The Morgan fingerprint density at radius 1 is 0.938 bits per heavy atom. The first-order chi connectivity index (χ1) is 15.2. The second-order valence-corrected chi connectivity index (χ2v) is 8.74. The van der Waals surface area contributed by atoms with Crippen LogP contribution in [0.15, 0.2) is 88.9 Å². The van der Waals surface area contributed by atoms with E-state index in [1.807, 2.05) is 0 Å². The van der Waals surface area contributed by atoms with Crippen molar-refractivity contribution in [2.75, 3.05) is 11.4 Å². The minimum absolute atomic E-state index is 0.0371. The van der Waals surface area contributed by atoms with Crippen molar-refractivity contribution in [3.05, 3.63) is 100 Å². The second-order valence-electron chi connectivity index (χ2n) is 6.77. The van der Waals surface area contributed by atoms with Gasteiger partial charge in [0.25, 0.3) is 21.6 Å². The summed E-state index contributed by atoms with van der Waals surface area (Å²) in [7, 11) is -2.28. The van der Waals surface area contributed by atoms with Crippen LogP contribution in [0, 0.1) is 10.1 Å². The lowest BCUT2D eigenvalue weighted by Gasteiger charge is -2.19. The number of anilines is 1. The Kier molecular flexibility index (Phi) is 6.64. The normalized spacial score (nSPS) is 11.6. The van der Waals surface area contributed by atoms with E-state index in [0.29, 0.717) is 22.5 Å². The molecule has 0 saturated carbocycles. The molecule has 0 fully saturated rings. The molecular weight excluding hydrogens is 432 g/mol. The van der Waals surface area contributed by atoms with Crippen LogP contribution in [-0.4, -0.2) is 32.0 Å². The lowest BCUT2D eigenvalue weighted by Crippen LogP contribution is -2.26. The highest BCUT2D eigenvalue weighted by Crippen LogP contribution is 2.22. The van der Waals surface area contributed by atoms with Crippen molar-refractivity contribution >= 4 is 33.0 Å². The van der Waals surface area contributed by atoms with E-state index in [9.17, 15) is 23.3 Å². The van der Waals surface area contributed by atoms with Crippen LogP contribution >= 0.6 is 0 Å². The molecule has 0 aliphatic carbocycles. The number of benzene rings is 3. The molecule has 3 aromatic carbocycles. The number of sulfonamides is 1. The molecule has 0 radical (unpaired) electrons. The molecule has 32 heavy (non-hydrogen) atoms. The first kappa shape index (κ1) is 22.6. The average Bonchev–Trinajstić information content (AvgIpc) is 2.82. The van der Waals surface area contributed by atoms with Gasteiger partial charge in [0.2, 0.25) is 0 Å². The van der Waals surface area contributed by atoms with Crippen LogP contribution in [0.1, 0.15) is 22.8 Å². The van der Waals surface area contributed by atoms with E-state index in [-0.39, 0.29) is 10.6 Å². The molecule has 0 aliphatic rings. The fourth-order valence-corrected chi connectivity index (χ4v) is 4.02. The lowest BCUT2D eigenvalue weighted by molar-refractivity contribution is -0.384. The van der Waals surface area contributed by atoms with Gasteiger partial charge in [-0.2, -0.15) is 5.10 Å². The van der Waals surface area contributed by atoms with Gasteiger partial charge >= 0.3 is 0 Å². The first-order valence-corrected chi connectivity index (χ1v) is 10.9. The number of rotatable bonds is 7. The molecular formula is C22H20N4O5S. The van der Waals surface area contributed by atoms with Gasteiger partial charge in [-0.1, -0.05) is 18.2 Å². The molecule has 10 heteroatoms. The van der Waals surface area contributed by atoms with Crippen molar-refractivity contribution in [3.8, 4) is 0 Å². The van der Waals surface area contributed by atoms with Crippen LogP contribution in [0.5, 0.6) is 0 Å². The largest absolute Gasteiger partial charge is 0.271 e. The Morgan fingerprint density at radius 2 is 1.50 bits per heavy atom. The minimum Gasteiger partial charge on any atom is -0.269 e. The Bertz CT molecular complexity index is 1260. The summed E-state index contributed by atoms with van der Waals surface area (Å²) in [6.07, 6.45) is 0. The summed E-state index contributed by atoms with van der Waals surface area (Å²) in [6, 6.07) is 19.9. The molecule has 0 unspecified atom stereocenters. The van der Waals surface area contributed by atoms with Gasteiger partial charge in [0.1, 0.15) is 0 Å². The van der Waals surface area contributed by atoms with E-state index in [1.165, 1.54) is 55.6 Å². The smallest absolute Gasteiger partial charge is 0.269 e. The minimum atomic E-state index is -3.72. The number of nitro benzene ring substituents is 1. The number of non-ortho nitro benzene ring substituents is 1. The zero-order valence-electron chi connectivity index (χ0n) is 17.3. The molecule has 3 aromatic rings. The molecule has 3 rings (SSSR count). The predicted molar refractivity (Wildman–Crippen MR) is 121 cm³/mol. The van der Waals surface area contributed by atoms with Crippen molar-refractivity contribution in [3.63, 3.8) is 0 Å². The van der Waals surface area contributed by atoms with Gasteiger partial charge in [-0.15, -0.1) is 0 Å². The average molecular weight is 452 g/mol. The Labute approximate surface area is 185 Å². The third-order valence-electron chi connectivity index (χ3n) is 4.72. The molecule has 0 saturated heterocycles. The van der Waals surface area contributed by atoms with Gasteiger partial charge in [-0.3, -0.25) is 19.2 Å². The molecule has 1 N–H and O–H groups in total. The Morgan fingerprint density at radius 3 is 2.06 bits per heavy atom. The van der Waals surface area contributed by atoms with Crippen LogP contribution in [0.2, 0.25) is 0 Å². The van der Waals surface area contributed by atoms with E-state index >= 15 is 0 Å². The summed E-state index contributed by atoms with van der Waals surface area (Å²) < 4.78 is 26.6. The van der Waals surface area contributed by atoms with Crippen molar-refractivity contribution in [1.82, 2.24) is 5.43 Å². The number of carbonyl (C=O) groups is 1. The van der Waals surface area contributed by atoms with Gasteiger partial charge in [0.15, 0.2) is 0 Å². The maximum Gasteiger partial charge on any atom is 0.271 e. The second kappa shape index (κ2) is 9.40. The van der Waals surface area contributed by atoms with Crippen molar-refractivity contribution < 1.29 is 18.1 Å². The summed E-state index contributed by atoms with van der Waals surface area (Å²) in [5.74, 6) is -0.480. The Hall–Kier alpha value is -4.05. The van der Waals surface area contributed by atoms with E-state index in [1.54, 1.807) is 37.3 Å². The fraction of sp³-hybridized carbons (Fsp3) is 0.0909. The molecule has 0 bridgehead atoms. The quantitative estimate of drug-likeness (QED) is 0.334. The SMILES string of the molecule is C/C(=N/NC(=O)c1ccc(N(C)S(=O)(=O)c2ccccc2)cc1)c1ccc([N+](=O)[O-])cc1. The summed E-state index contributed by atoms with van der Waals surface area (Å²) in [6.45, 7) is 1.66. The van der Waals surface area contributed by atoms with E-state index in [2.05, 4.69) is 10.5 Å². The van der Waals surface area contributed by atoms with Gasteiger partial charge < -0.3 is 0 Å².